The molecule has 7 rings (SSSR count). The summed E-state index contributed by atoms with van der Waals surface area (Å²) < 4.78 is 22.1. The molecule has 0 spiro atoms. The van der Waals surface area contributed by atoms with E-state index in [1.165, 1.54) is 0 Å². The van der Waals surface area contributed by atoms with Crippen LogP contribution < -0.4 is 18.9 Å². The van der Waals surface area contributed by atoms with E-state index in [0.29, 0.717) is 0 Å². The molecular weight excluding hydrogens is 520 g/mol. The SMILES string of the molecule is O=C([C@H]1[C@H](C=Cc2ccc3c(c2)OCO3)[C@@H](C=Cc2ccc3c(c2)OCO3)[C@@H]1C(=O)N1CCCC1)N1CCCCC1. The number of ether oxygens (including phenoxy) is 4. The molecule has 4 atom stereocenters. The molecule has 4 heterocycles. The molecule has 8 heteroatoms. The van der Waals surface area contributed by atoms with Gasteiger partial charge >= 0.3 is 0 Å². The Bertz CT molecular complexity index is 1370. The van der Waals surface area contributed by atoms with Crippen molar-refractivity contribution in [3.05, 3.63) is 59.7 Å². The molecule has 1 aliphatic carbocycles. The van der Waals surface area contributed by atoms with Gasteiger partial charge < -0.3 is 28.7 Å². The number of fused-ring (bicyclic) bond motifs is 2. The lowest BCUT2D eigenvalue weighted by Crippen LogP contribution is -2.59. The van der Waals surface area contributed by atoms with Crippen LogP contribution in [0.4, 0.5) is 0 Å². The molecule has 41 heavy (non-hydrogen) atoms. The number of allylic oxidation sites excluding steroid dienone is 2. The largest absolute Gasteiger partial charge is 0.454 e. The Labute approximate surface area is 240 Å². The number of carbonyl (C=O) groups is 2. The standard InChI is InChI=1S/C33H36N2O6/c36-32(34-14-2-1-3-15-34)30-24(10-6-22-8-12-26-28(18-22)40-20-38-26)25(31(30)33(37)35-16-4-5-17-35)11-7-23-9-13-27-29(19-23)41-21-39-27/h6-13,18-19,24-25,30-31H,1-5,14-17,20-21H2/t24-,25-,30+,31+/m1/s1. The van der Waals surface area contributed by atoms with Gasteiger partial charge in [0, 0.05) is 26.2 Å². The average Bonchev–Trinajstić information content (AvgIpc) is 3.78. The zero-order valence-corrected chi connectivity index (χ0v) is 23.2. The van der Waals surface area contributed by atoms with Crippen LogP contribution in [0, 0.1) is 23.7 Å². The van der Waals surface area contributed by atoms with E-state index < -0.39 is 0 Å². The van der Waals surface area contributed by atoms with Crippen LogP contribution >= 0.6 is 0 Å². The van der Waals surface area contributed by atoms with Crippen LogP contribution in [0.2, 0.25) is 0 Å². The predicted molar refractivity (Wildman–Crippen MR) is 153 cm³/mol. The van der Waals surface area contributed by atoms with E-state index in [-0.39, 0.29) is 49.1 Å². The summed E-state index contributed by atoms with van der Waals surface area (Å²) in [5.41, 5.74) is 1.96. The van der Waals surface area contributed by atoms with Crippen molar-refractivity contribution in [2.24, 2.45) is 23.7 Å². The number of rotatable bonds is 6. The summed E-state index contributed by atoms with van der Waals surface area (Å²) >= 11 is 0. The molecule has 0 unspecified atom stereocenters. The summed E-state index contributed by atoms with van der Waals surface area (Å²) in [4.78, 5) is 32.0. The lowest BCUT2D eigenvalue weighted by molar-refractivity contribution is -0.160. The van der Waals surface area contributed by atoms with Gasteiger partial charge in [0.2, 0.25) is 25.4 Å². The minimum Gasteiger partial charge on any atom is -0.454 e. The maximum absolute atomic E-state index is 14.1. The molecule has 0 bridgehead atoms. The second-order valence-electron chi connectivity index (χ2n) is 11.6. The molecule has 2 aromatic carbocycles. The summed E-state index contributed by atoms with van der Waals surface area (Å²) in [6, 6.07) is 11.7. The molecular formula is C33H36N2O6. The minimum atomic E-state index is -0.377. The van der Waals surface area contributed by atoms with E-state index in [0.717, 1.165) is 92.4 Å². The van der Waals surface area contributed by atoms with Crippen LogP contribution in [0.5, 0.6) is 23.0 Å². The van der Waals surface area contributed by atoms with Crippen molar-refractivity contribution in [3.63, 3.8) is 0 Å². The van der Waals surface area contributed by atoms with E-state index in [1.54, 1.807) is 0 Å². The van der Waals surface area contributed by atoms with Gasteiger partial charge in [-0.25, -0.2) is 0 Å². The number of piperidine rings is 1. The third-order valence-corrected chi connectivity index (χ3v) is 9.13. The van der Waals surface area contributed by atoms with Crippen LogP contribution in [0.1, 0.15) is 43.2 Å². The number of nitrogens with zero attached hydrogens (tertiary/aromatic N) is 2. The lowest BCUT2D eigenvalue weighted by atomic mass is 9.55. The van der Waals surface area contributed by atoms with Crippen molar-refractivity contribution in [1.29, 1.82) is 0 Å². The number of hydrogen-bond acceptors (Lipinski definition) is 6. The maximum atomic E-state index is 14.1. The third-order valence-electron chi connectivity index (χ3n) is 9.13. The summed E-state index contributed by atoms with van der Waals surface area (Å²) in [7, 11) is 0. The second-order valence-corrected chi connectivity index (χ2v) is 11.6. The summed E-state index contributed by atoms with van der Waals surface area (Å²) in [6.07, 6.45) is 13.6. The Morgan fingerprint density at radius 3 is 1.46 bits per heavy atom. The topological polar surface area (TPSA) is 77.5 Å². The Morgan fingerprint density at radius 2 is 1.00 bits per heavy atom. The first-order chi connectivity index (χ1) is 20.2. The average molecular weight is 557 g/mol. The Balaban J connectivity index is 1.22. The summed E-state index contributed by atoms with van der Waals surface area (Å²) in [5, 5.41) is 0. The fourth-order valence-electron chi connectivity index (χ4n) is 6.90. The molecule has 1 saturated carbocycles. The van der Waals surface area contributed by atoms with Crippen molar-refractivity contribution < 1.29 is 28.5 Å². The molecule has 0 N–H and O–H groups in total. The molecule has 0 aromatic heterocycles. The zero-order valence-electron chi connectivity index (χ0n) is 23.2. The van der Waals surface area contributed by atoms with Crippen molar-refractivity contribution in [2.75, 3.05) is 39.8 Å². The van der Waals surface area contributed by atoms with Gasteiger partial charge in [0.25, 0.3) is 0 Å². The number of carbonyl (C=O) groups excluding carboxylic acids is 2. The van der Waals surface area contributed by atoms with Crippen molar-refractivity contribution in [2.45, 2.75) is 32.1 Å². The molecule has 214 valence electrons. The Kier molecular flexibility index (Phi) is 7.07. The molecule has 2 amide bonds. The highest BCUT2D eigenvalue weighted by Gasteiger charge is 2.57. The number of benzene rings is 2. The van der Waals surface area contributed by atoms with Crippen LogP contribution in [-0.4, -0.2) is 61.4 Å². The van der Waals surface area contributed by atoms with E-state index in [9.17, 15) is 9.59 Å². The van der Waals surface area contributed by atoms with Gasteiger partial charge in [0.15, 0.2) is 23.0 Å². The number of amides is 2. The van der Waals surface area contributed by atoms with E-state index >= 15 is 0 Å². The molecule has 8 nitrogen and oxygen atoms in total. The normalized spacial score (nSPS) is 26.6. The highest BCUT2D eigenvalue weighted by molar-refractivity contribution is 5.91. The molecule has 3 fully saturated rings. The van der Waals surface area contributed by atoms with Gasteiger partial charge in [0.05, 0.1) is 11.8 Å². The van der Waals surface area contributed by atoms with Crippen LogP contribution in [0.15, 0.2) is 48.6 Å². The molecule has 2 aromatic rings. The maximum Gasteiger partial charge on any atom is 0.231 e. The van der Waals surface area contributed by atoms with Gasteiger partial charge in [0.1, 0.15) is 0 Å². The predicted octanol–water partition coefficient (Wildman–Crippen LogP) is 4.98. The van der Waals surface area contributed by atoms with Gasteiger partial charge in [-0.1, -0.05) is 36.4 Å². The van der Waals surface area contributed by atoms with Gasteiger partial charge in [-0.15, -0.1) is 0 Å². The first-order valence-corrected chi connectivity index (χ1v) is 14.9. The van der Waals surface area contributed by atoms with Gasteiger partial charge in [-0.2, -0.15) is 0 Å². The first-order valence-electron chi connectivity index (χ1n) is 14.9. The van der Waals surface area contributed by atoms with Crippen molar-refractivity contribution in [1.82, 2.24) is 9.80 Å². The van der Waals surface area contributed by atoms with Crippen molar-refractivity contribution >= 4 is 24.0 Å². The highest BCUT2D eigenvalue weighted by atomic mass is 16.7. The van der Waals surface area contributed by atoms with Gasteiger partial charge in [-0.3, -0.25) is 9.59 Å². The fraction of sp³-hybridized carbons (Fsp3) is 0.455. The minimum absolute atomic E-state index is 0.0995. The van der Waals surface area contributed by atoms with Crippen LogP contribution in [0.3, 0.4) is 0 Å². The molecule has 0 radical (unpaired) electrons. The van der Waals surface area contributed by atoms with E-state index in [1.807, 2.05) is 46.2 Å². The Morgan fingerprint density at radius 1 is 0.585 bits per heavy atom. The first kappa shape index (κ1) is 26.0. The van der Waals surface area contributed by atoms with Crippen molar-refractivity contribution in [3.8, 4) is 23.0 Å². The summed E-state index contributed by atoms with van der Waals surface area (Å²) in [6.45, 7) is 3.55. The highest BCUT2D eigenvalue weighted by Crippen LogP contribution is 2.51. The van der Waals surface area contributed by atoms with Gasteiger partial charge in [-0.05, 0) is 79.3 Å². The third kappa shape index (κ3) is 5.04. The number of hydrogen-bond donors (Lipinski definition) is 0. The smallest absolute Gasteiger partial charge is 0.231 e. The fourth-order valence-corrected chi connectivity index (χ4v) is 6.90. The van der Waals surface area contributed by atoms with E-state index in [2.05, 4.69) is 24.3 Å². The zero-order chi connectivity index (χ0) is 27.8. The number of likely N-dealkylation sites (tertiary alicyclic amines) is 2. The van der Waals surface area contributed by atoms with Crippen LogP contribution in [0.25, 0.3) is 12.2 Å². The second kappa shape index (κ2) is 11.1. The molecule has 4 aliphatic heterocycles. The quantitative estimate of drug-likeness (QED) is 0.499. The lowest BCUT2D eigenvalue weighted by Gasteiger charge is -2.50. The van der Waals surface area contributed by atoms with Crippen LogP contribution in [-0.2, 0) is 9.59 Å². The summed E-state index contributed by atoms with van der Waals surface area (Å²) in [5.74, 6) is 2.22. The molecule has 5 aliphatic rings. The Hall–Kier alpha value is -3.94. The monoisotopic (exact) mass is 556 g/mol. The molecule has 2 saturated heterocycles. The van der Waals surface area contributed by atoms with E-state index in [4.69, 9.17) is 18.9 Å².